The first-order valence-electron chi connectivity index (χ1n) is 11.6. The van der Waals surface area contributed by atoms with Crippen molar-refractivity contribution in [3.8, 4) is 0 Å². The molecule has 3 aromatic rings. The third kappa shape index (κ3) is 5.68. The van der Waals surface area contributed by atoms with Gasteiger partial charge in [0.2, 0.25) is 5.91 Å². The zero-order chi connectivity index (χ0) is 25.0. The minimum Gasteiger partial charge on any atom is -0.348 e. The number of amides is 1. The molecule has 0 aromatic heterocycles. The summed E-state index contributed by atoms with van der Waals surface area (Å²) in [6.45, 7) is 11.9. The second-order valence-electron chi connectivity index (χ2n) is 9.15. The summed E-state index contributed by atoms with van der Waals surface area (Å²) in [6.07, 6.45) is 0. The fraction of sp³-hybridized carbons (Fsp3) is 0.321. The SMILES string of the molecule is Cc1cc(C)c([C@H](C)NC(=O)CN(c2ccc(C(C)C)cc2)S(=O)(=O)c2ccccc2)cc1C. The summed E-state index contributed by atoms with van der Waals surface area (Å²) in [7, 11) is -3.93. The van der Waals surface area contributed by atoms with E-state index in [1.807, 2.05) is 32.9 Å². The van der Waals surface area contributed by atoms with Gasteiger partial charge >= 0.3 is 0 Å². The van der Waals surface area contributed by atoms with Crippen LogP contribution in [0, 0.1) is 20.8 Å². The Bertz CT molecular complexity index is 1250. The lowest BCUT2D eigenvalue weighted by atomic mass is 9.96. The Kier molecular flexibility index (Phi) is 7.82. The van der Waals surface area contributed by atoms with Crippen molar-refractivity contribution in [3.05, 3.63) is 94.5 Å². The second-order valence-corrected chi connectivity index (χ2v) is 11.0. The quantitative estimate of drug-likeness (QED) is 0.444. The molecule has 0 spiro atoms. The molecule has 5 nitrogen and oxygen atoms in total. The predicted molar refractivity (Wildman–Crippen MR) is 139 cm³/mol. The van der Waals surface area contributed by atoms with Crippen molar-refractivity contribution in [2.24, 2.45) is 0 Å². The molecule has 0 aliphatic heterocycles. The molecule has 3 rings (SSSR count). The fourth-order valence-electron chi connectivity index (χ4n) is 4.00. The summed E-state index contributed by atoms with van der Waals surface area (Å²) in [5.74, 6) is -0.0452. The third-order valence-corrected chi connectivity index (χ3v) is 7.98. The maximum absolute atomic E-state index is 13.5. The zero-order valence-corrected chi connectivity index (χ0v) is 21.6. The summed E-state index contributed by atoms with van der Waals surface area (Å²) in [5.41, 5.74) is 6.02. The third-order valence-electron chi connectivity index (χ3n) is 6.19. The number of nitrogens with zero attached hydrogens (tertiary/aromatic N) is 1. The Hall–Kier alpha value is -3.12. The van der Waals surface area contributed by atoms with Crippen LogP contribution in [0.4, 0.5) is 5.69 Å². The molecular formula is C28H34N2O3S. The van der Waals surface area contributed by atoms with Crippen LogP contribution in [-0.4, -0.2) is 20.9 Å². The molecule has 0 heterocycles. The van der Waals surface area contributed by atoms with E-state index in [1.54, 1.807) is 42.5 Å². The summed E-state index contributed by atoms with van der Waals surface area (Å²) >= 11 is 0. The maximum Gasteiger partial charge on any atom is 0.264 e. The molecule has 0 aliphatic rings. The summed E-state index contributed by atoms with van der Waals surface area (Å²) < 4.78 is 28.2. The number of rotatable bonds is 8. The van der Waals surface area contributed by atoms with E-state index in [1.165, 1.54) is 9.87 Å². The number of aryl methyl sites for hydroxylation is 3. The van der Waals surface area contributed by atoms with Crippen LogP contribution >= 0.6 is 0 Å². The van der Waals surface area contributed by atoms with Gasteiger partial charge in [-0.05, 0) is 85.7 Å². The van der Waals surface area contributed by atoms with Crippen LogP contribution in [0.15, 0.2) is 71.6 Å². The Morgan fingerprint density at radius 3 is 2.03 bits per heavy atom. The number of carbonyl (C=O) groups excluding carboxylic acids is 1. The number of anilines is 1. The highest BCUT2D eigenvalue weighted by molar-refractivity contribution is 7.92. The molecule has 180 valence electrons. The molecular weight excluding hydrogens is 444 g/mol. The average Bonchev–Trinajstić information content (AvgIpc) is 2.80. The van der Waals surface area contributed by atoms with E-state index < -0.39 is 10.0 Å². The normalized spacial score (nSPS) is 12.4. The van der Waals surface area contributed by atoms with E-state index in [2.05, 4.69) is 38.2 Å². The van der Waals surface area contributed by atoms with Gasteiger partial charge in [-0.1, -0.05) is 56.3 Å². The van der Waals surface area contributed by atoms with Crippen LogP contribution in [-0.2, 0) is 14.8 Å². The molecule has 0 saturated heterocycles. The summed E-state index contributed by atoms with van der Waals surface area (Å²) in [5, 5.41) is 2.99. The van der Waals surface area contributed by atoms with Gasteiger partial charge in [0, 0.05) is 0 Å². The monoisotopic (exact) mass is 478 g/mol. The van der Waals surface area contributed by atoms with Crippen LogP contribution < -0.4 is 9.62 Å². The average molecular weight is 479 g/mol. The van der Waals surface area contributed by atoms with Gasteiger partial charge in [0.05, 0.1) is 16.6 Å². The maximum atomic E-state index is 13.5. The molecule has 1 amide bonds. The van der Waals surface area contributed by atoms with Crippen molar-refractivity contribution in [3.63, 3.8) is 0 Å². The van der Waals surface area contributed by atoms with Crippen LogP contribution in [0.1, 0.15) is 60.5 Å². The molecule has 0 saturated carbocycles. The van der Waals surface area contributed by atoms with E-state index in [4.69, 9.17) is 0 Å². The number of benzene rings is 3. The van der Waals surface area contributed by atoms with E-state index in [9.17, 15) is 13.2 Å². The lowest BCUT2D eigenvalue weighted by Crippen LogP contribution is -2.41. The van der Waals surface area contributed by atoms with Crippen molar-refractivity contribution in [2.45, 2.75) is 58.4 Å². The van der Waals surface area contributed by atoms with Gasteiger partial charge in [0.25, 0.3) is 10.0 Å². The first-order chi connectivity index (χ1) is 16.0. The molecule has 0 radical (unpaired) electrons. The van der Waals surface area contributed by atoms with Crippen LogP contribution in [0.5, 0.6) is 0 Å². The van der Waals surface area contributed by atoms with E-state index in [0.717, 1.165) is 22.3 Å². The van der Waals surface area contributed by atoms with Crippen molar-refractivity contribution in [2.75, 3.05) is 10.8 Å². The Balaban J connectivity index is 1.91. The Labute approximate surface area is 203 Å². The van der Waals surface area contributed by atoms with Gasteiger partial charge in [-0.3, -0.25) is 9.10 Å². The fourth-order valence-corrected chi connectivity index (χ4v) is 5.45. The lowest BCUT2D eigenvalue weighted by molar-refractivity contribution is -0.120. The summed E-state index contributed by atoms with van der Waals surface area (Å²) in [6, 6.07) is 19.5. The van der Waals surface area contributed by atoms with Crippen LogP contribution in [0.25, 0.3) is 0 Å². The van der Waals surface area contributed by atoms with Crippen LogP contribution in [0.2, 0.25) is 0 Å². The molecule has 0 bridgehead atoms. The highest BCUT2D eigenvalue weighted by Gasteiger charge is 2.28. The molecule has 3 aromatic carbocycles. The highest BCUT2D eigenvalue weighted by Crippen LogP contribution is 2.26. The molecule has 1 N–H and O–H groups in total. The number of carbonyl (C=O) groups is 1. The molecule has 6 heteroatoms. The molecule has 1 atom stereocenters. The number of hydrogen-bond acceptors (Lipinski definition) is 3. The molecule has 0 unspecified atom stereocenters. The second kappa shape index (κ2) is 10.4. The zero-order valence-electron chi connectivity index (χ0n) is 20.8. The number of sulfonamides is 1. The van der Waals surface area contributed by atoms with Gasteiger partial charge in [0.1, 0.15) is 6.54 Å². The van der Waals surface area contributed by atoms with Crippen molar-refractivity contribution in [1.29, 1.82) is 0 Å². The predicted octanol–water partition coefficient (Wildman–Crippen LogP) is 5.81. The van der Waals surface area contributed by atoms with Gasteiger partial charge in [-0.15, -0.1) is 0 Å². The van der Waals surface area contributed by atoms with Crippen LogP contribution in [0.3, 0.4) is 0 Å². The first kappa shape index (κ1) is 25.5. The van der Waals surface area contributed by atoms with Gasteiger partial charge in [0.15, 0.2) is 0 Å². The van der Waals surface area contributed by atoms with Crippen molar-refractivity contribution < 1.29 is 13.2 Å². The standard InChI is InChI=1S/C28H34N2O3S/c1-19(2)24-12-14-25(15-13-24)30(34(32,33)26-10-8-7-9-11-26)18-28(31)29-23(6)27-17-21(4)20(3)16-22(27)5/h7-17,19,23H,18H2,1-6H3,(H,29,31)/t23-/m0/s1. The minimum absolute atomic E-state index is 0.147. The van der Waals surface area contributed by atoms with Gasteiger partial charge < -0.3 is 5.32 Å². The Morgan fingerprint density at radius 1 is 0.853 bits per heavy atom. The molecule has 34 heavy (non-hydrogen) atoms. The largest absolute Gasteiger partial charge is 0.348 e. The van der Waals surface area contributed by atoms with Crippen molar-refractivity contribution in [1.82, 2.24) is 5.32 Å². The smallest absolute Gasteiger partial charge is 0.264 e. The van der Waals surface area contributed by atoms with E-state index in [0.29, 0.717) is 11.6 Å². The minimum atomic E-state index is -3.93. The lowest BCUT2D eigenvalue weighted by Gasteiger charge is -2.26. The number of hydrogen-bond donors (Lipinski definition) is 1. The highest BCUT2D eigenvalue weighted by atomic mass is 32.2. The summed E-state index contributed by atoms with van der Waals surface area (Å²) in [4.78, 5) is 13.3. The van der Waals surface area contributed by atoms with Gasteiger partial charge in [-0.25, -0.2) is 8.42 Å². The molecule has 0 fully saturated rings. The van der Waals surface area contributed by atoms with Crippen molar-refractivity contribution >= 4 is 21.6 Å². The van der Waals surface area contributed by atoms with E-state index >= 15 is 0 Å². The number of nitrogens with one attached hydrogen (secondary N) is 1. The Morgan fingerprint density at radius 2 is 1.44 bits per heavy atom. The van der Waals surface area contributed by atoms with E-state index in [-0.39, 0.29) is 23.4 Å². The first-order valence-corrected chi connectivity index (χ1v) is 13.0. The molecule has 0 aliphatic carbocycles. The topological polar surface area (TPSA) is 66.5 Å². The van der Waals surface area contributed by atoms with Gasteiger partial charge in [-0.2, -0.15) is 0 Å².